The predicted molar refractivity (Wildman–Crippen MR) is 75.6 cm³/mol. The average Bonchev–Trinajstić information content (AvgIpc) is 2.80. The van der Waals surface area contributed by atoms with Crippen molar-refractivity contribution in [3.8, 4) is 0 Å². The zero-order valence-electron chi connectivity index (χ0n) is 11.0. The third-order valence-corrected chi connectivity index (χ3v) is 4.70. The number of hydrogen-bond acceptors (Lipinski definition) is 1. The van der Waals surface area contributed by atoms with Gasteiger partial charge in [0.1, 0.15) is 4.49 Å². The summed E-state index contributed by atoms with van der Waals surface area (Å²) in [5.41, 5.74) is -0.0201. The molecule has 102 valence electrons. The van der Waals surface area contributed by atoms with E-state index in [1.807, 2.05) is 0 Å². The van der Waals surface area contributed by atoms with E-state index < -0.39 is 0 Å². The van der Waals surface area contributed by atoms with Gasteiger partial charge in [0.2, 0.25) is 5.91 Å². The highest BCUT2D eigenvalue weighted by atomic mass is 35.5. The lowest BCUT2D eigenvalue weighted by Crippen LogP contribution is -2.38. The normalized spacial score (nSPS) is 30.7. The number of nitrogens with one attached hydrogen (secondary N) is 1. The molecule has 1 N–H and O–H groups in total. The zero-order chi connectivity index (χ0) is 13.3. The fourth-order valence-corrected chi connectivity index (χ4v) is 3.43. The van der Waals surface area contributed by atoms with Crippen LogP contribution in [0.2, 0.25) is 0 Å². The zero-order valence-corrected chi connectivity index (χ0v) is 12.5. The van der Waals surface area contributed by atoms with E-state index in [9.17, 15) is 4.79 Å². The fraction of sp³-hybridized carbons (Fsp3) is 0.786. The monoisotopic (exact) mass is 289 g/mol. The SMILES string of the molecule is CC1(C)[C@H](C=C(Cl)Cl)[C@H]1C(=O)NC1CCCCC1. The van der Waals surface area contributed by atoms with Crippen LogP contribution in [0, 0.1) is 17.3 Å². The van der Waals surface area contributed by atoms with Crippen LogP contribution in [-0.4, -0.2) is 11.9 Å². The van der Waals surface area contributed by atoms with E-state index in [1.165, 1.54) is 19.3 Å². The predicted octanol–water partition coefficient (Wildman–Crippen LogP) is 4.03. The molecule has 0 heterocycles. The summed E-state index contributed by atoms with van der Waals surface area (Å²) in [4.78, 5) is 12.3. The number of carbonyl (C=O) groups excluding carboxylic acids is 1. The van der Waals surface area contributed by atoms with Gasteiger partial charge in [0, 0.05) is 6.04 Å². The third-order valence-electron chi connectivity index (χ3n) is 4.45. The van der Waals surface area contributed by atoms with Gasteiger partial charge in [0.25, 0.3) is 0 Å². The highest BCUT2D eigenvalue weighted by Gasteiger charge is 2.60. The second-order valence-corrected chi connectivity index (χ2v) is 7.13. The van der Waals surface area contributed by atoms with E-state index in [4.69, 9.17) is 23.2 Å². The molecule has 0 aliphatic heterocycles. The quantitative estimate of drug-likeness (QED) is 0.835. The minimum Gasteiger partial charge on any atom is -0.353 e. The van der Waals surface area contributed by atoms with Crippen LogP contribution in [0.15, 0.2) is 10.6 Å². The summed E-state index contributed by atoms with van der Waals surface area (Å²) >= 11 is 11.4. The summed E-state index contributed by atoms with van der Waals surface area (Å²) in [6.07, 6.45) is 7.81. The summed E-state index contributed by atoms with van der Waals surface area (Å²) in [6, 6.07) is 0.374. The Balaban J connectivity index is 1.91. The lowest BCUT2D eigenvalue weighted by Gasteiger charge is -2.23. The van der Waals surface area contributed by atoms with E-state index in [0.717, 1.165) is 12.8 Å². The van der Waals surface area contributed by atoms with Crippen LogP contribution in [0.4, 0.5) is 0 Å². The Morgan fingerprint density at radius 3 is 2.39 bits per heavy atom. The van der Waals surface area contributed by atoms with Crippen LogP contribution < -0.4 is 5.32 Å². The Morgan fingerprint density at radius 2 is 1.83 bits per heavy atom. The lowest BCUT2D eigenvalue weighted by molar-refractivity contribution is -0.124. The minimum atomic E-state index is -0.0201. The first kappa shape index (κ1) is 14.2. The van der Waals surface area contributed by atoms with Crippen molar-refractivity contribution in [3.05, 3.63) is 10.6 Å². The van der Waals surface area contributed by atoms with Gasteiger partial charge in [0.15, 0.2) is 0 Å². The number of allylic oxidation sites excluding steroid dienone is 1. The Bertz CT molecular complexity index is 355. The molecule has 2 aliphatic rings. The summed E-state index contributed by atoms with van der Waals surface area (Å²) in [7, 11) is 0. The molecule has 2 aliphatic carbocycles. The molecule has 0 radical (unpaired) electrons. The highest BCUT2D eigenvalue weighted by molar-refractivity contribution is 6.55. The molecule has 0 aromatic heterocycles. The Hall–Kier alpha value is -0.210. The molecule has 2 rings (SSSR count). The standard InChI is InChI=1S/C14H21Cl2NO/c1-14(2)10(8-11(15)16)12(14)13(18)17-9-6-4-3-5-7-9/h8-10,12H,3-7H2,1-2H3,(H,17,18)/t10-,12+/m1/s1. The van der Waals surface area contributed by atoms with Crippen molar-refractivity contribution in [2.24, 2.45) is 17.3 Å². The van der Waals surface area contributed by atoms with Gasteiger partial charge in [-0.15, -0.1) is 0 Å². The Labute approximate surface area is 119 Å². The topological polar surface area (TPSA) is 29.1 Å². The summed E-state index contributed by atoms with van der Waals surface area (Å²) in [5, 5.41) is 3.19. The fourth-order valence-electron chi connectivity index (χ4n) is 3.16. The largest absolute Gasteiger partial charge is 0.353 e. The van der Waals surface area contributed by atoms with Crippen molar-refractivity contribution >= 4 is 29.1 Å². The maximum absolute atomic E-state index is 12.3. The van der Waals surface area contributed by atoms with Gasteiger partial charge in [-0.05, 0) is 30.3 Å². The molecule has 2 saturated carbocycles. The first-order valence-corrected chi connectivity index (χ1v) is 7.51. The van der Waals surface area contributed by atoms with Gasteiger partial charge in [-0.25, -0.2) is 0 Å². The Morgan fingerprint density at radius 1 is 1.22 bits per heavy atom. The van der Waals surface area contributed by atoms with E-state index in [1.54, 1.807) is 6.08 Å². The average molecular weight is 290 g/mol. The van der Waals surface area contributed by atoms with Crippen LogP contribution in [0.3, 0.4) is 0 Å². The molecule has 4 heteroatoms. The number of carbonyl (C=O) groups is 1. The molecule has 0 aromatic rings. The van der Waals surface area contributed by atoms with Gasteiger partial charge < -0.3 is 5.32 Å². The number of amides is 1. The maximum Gasteiger partial charge on any atom is 0.224 e. The van der Waals surface area contributed by atoms with Gasteiger partial charge in [0.05, 0.1) is 5.92 Å². The first-order chi connectivity index (χ1) is 8.43. The molecular weight excluding hydrogens is 269 g/mol. The molecular formula is C14H21Cl2NO. The summed E-state index contributed by atoms with van der Waals surface area (Å²) in [6.45, 7) is 4.19. The van der Waals surface area contributed by atoms with Crippen LogP contribution in [0.1, 0.15) is 46.0 Å². The van der Waals surface area contributed by atoms with E-state index >= 15 is 0 Å². The van der Waals surface area contributed by atoms with E-state index in [2.05, 4.69) is 19.2 Å². The first-order valence-electron chi connectivity index (χ1n) is 6.76. The van der Waals surface area contributed by atoms with Crippen molar-refractivity contribution in [1.29, 1.82) is 0 Å². The molecule has 2 atom stereocenters. The number of halogens is 2. The molecule has 0 spiro atoms. The smallest absolute Gasteiger partial charge is 0.224 e. The third kappa shape index (κ3) is 3.03. The Kier molecular flexibility index (Phi) is 4.28. The van der Waals surface area contributed by atoms with Crippen molar-refractivity contribution in [3.63, 3.8) is 0 Å². The molecule has 0 bridgehead atoms. The van der Waals surface area contributed by atoms with Crippen molar-refractivity contribution in [2.45, 2.75) is 52.0 Å². The minimum absolute atomic E-state index is 0.0201. The van der Waals surface area contributed by atoms with Crippen LogP contribution in [0.5, 0.6) is 0 Å². The van der Waals surface area contributed by atoms with Gasteiger partial charge in [-0.3, -0.25) is 4.79 Å². The molecule has 1 amide bonds. The summed E-state index contributed by atoms with van der Waals surface area (Å²) < 4.78 is 0.265. The van der Waals surface area contributed by atoms with E-state index in [0.29, 0.717) is 6.04 Å². The van der Waals surface area contributed by atoms with Crippen molar-refractivity contribution < 1.29 is 4.79 Å². The second kappa shape index (κ2) is 5.42. The van der Waals surface area contributed by atoms with Crippen LogP contribution in [0.25, 0.3) is 0 Å². The molecule has 0 unspecified atom stereocenters. The van der Waals surface area contributed by atoms with Gasteiger partial charge in [-0.2, -0.15) is 0 Å². The van der Waals surface area contributed by atoms with Crippen LogP contribution >= 0.6 is 23.2 Å². The number of rotatable bonds is 3. The molecule has 18 heavy (non-hydrogen) atoms. The van der Waals surface area contributed by atoms with E-state index in [-0.39, 0.29) is 27.6 Å². The van der Waals surface area contributed by atoms with Crippen molar-refractivity contribution in [1.82, 2.24) is 5.32 Å². The van der Waals surface area contributed by atoms with Crippen molar-refractivity contribution in [2.75, 3.05) is 0 Å². The maximum atomic E-state index is 12.3. The lowest BCUT2D eigenvalue weighted by atomic mass is 9.95. The molecule has 2 nitrogen and oxygen atoms in total. The highest BCUT2D eigenvalue weighted by Crippen LogP contribution is 2.59. The molecule has 2 fully saturated rings. The second-order valence-electron chi connectivity index (χ2n) is 6.12. The molecule has 0 aromatic carbocycles. The van der Waals surface area contributed by atoms with Gasteiger partial charge in [-0.1, -0.05) is 56.3 Å². The molecule has 0 saturated heterocycles. The number of hydrogen-bond donors (Lipinski definition) is 1. The van der Waals surface area contributed by atoms with Crippen LogP contribution in [-0.2, 0) is 4.79 Å². The van der Waals surface area contributed by atoms with Gasteiger partial charge >= 0.3 is 0 Å². The summed E-state index contributed by atoms with van der Waals surface area (Å²) in [5.74, 6) is 0.362.